The molecule has 0 aliphatic carbocycles. The minimum absolute atomic E-state index is 0.0503. The van der Waals surface area contributed by atoms with E-state index in [1.807, 2.05) is 30.3 Å². The Morgan fingerprint density at radius 1 is 1.04 bits per heavy atom. The molecule has 0 saturated carbocycles. The third-order valence-corrected chi connectivity index (χ3v) is 4.06. The molecule has 0 aliphatic rings. The number of nitrogens with one attached hydrogen (secondary N) is 1. The van der Waals surface area contributed by atoms with E-state index in [2.05, 4.69) is 10.5 Å². The zero-order valence-electron chi connectivity index (χ0n) is 15.0. The summed E-state index contributed by atoms with van der Waals surface area (Å²) in [6.45, 7) is 0.218. The van der Waals surface area contributed by atoms with Crippen molar-refractivity contribution in [2.24, 2.45) is 0 Å². The molecular weight excluding hydrogens is 344 g/mol. The van der Waals surface area contributed by atoms with Crippen LogP contribution in [0.25, 0.3) is 11.3 Å². The molecule has 1 heterocycles. The molecule has 2 aromatic carbocycles. The van der Waals surface area contributed by atoms with Crippen molar-refractivity contribution >= 4 is 11.7 Å². The molecule has 1 amide bonds. The number of nitrogens with zero attached hydrogens (tertiary/aromatic N) is 1. The summed E-state index contributed by atoms with van der Waals surface area (Å²) in [5.41, 5.74) is 2.14. The summed E-state index contributed by atoms with van der Waals surface area (Å²) in [5, 5.41) is 6.76. The van der Waals surface area contributed by atoms with Crippen molar-refractivity contribution in [1.82, 2.24) is 10.5 Å². The van der Waals surface area contributed by atoms with Crippen molar-refractivity contribution in [2.45, 2.75) is 19.4 Å². The van der Waals surface area contributed by atoms with E-state index in [1.54, 1.807) is 37.4 Å². The van der Waals surface area contributed by atoms with E-state index in [0.29, 0.717) is 17.0 Å². The van der Waals surface area contributed by atoms with Crippen molar-refractivity contribution in [3.63, 3.8) is 0 Å². The fourth-order valence-corrected chi connectivity index (χ4v) is 2.58. The first-order valence-electron chi connectivity index (χ1n) is 8.60. The van der Waals surface area contributed by atoms with Gasteiger partial charge >= 0.3 is 0 Å². The van der Waals surface area contributed by atoms with Crippen LogP contribution in [0.5, 0.6) is 5.75 Å². The number of aromatic nitrogens is 1. The molecule has 0 bridgehead atoms. The van der Waals surface area contributed by atoms with Gasteiger partial charge in [0.1, 0.15) is 11.4 Å². The molecule has 0 spiro atoms. The van der Waals surface area contributed by atoms with E-state index < -0.39 is 0 Å². The highest BCUT2D eigenvalue weighted by atomic mass is 16.5. The SMILES string of the molecule is COc1cccc(-c2cc(CNC(=O)CCC(=O)c3ccccc3)on2)c1. The average molecular weight is 364 g/mol. The number of ether oxygens (including phenoxy) is 1. The molecule has 0 atom stereocenters. The van der Waals surface area contributed by atoms with Gasteiger partial charge in [-0.25, -0.2) is 0 Å². The molecule has 27 heavy (non-hydrogen) atoms. The van der Waals surface area contributed by atoms with Crippen LogP contribution in [0.1, 0.15) is 29.0 Å². The Kier molecular flexibility index (Phi) is 5.99. The third-order valence-electron chi connectivity index (χ3n) is 4.06. The van der Waals surface area contributed by atoms with Gasteiger partial charge in [-0.3, -0.25) is 9.59 Å². The molecule has 3 rings (SSSR count). The second-order valence-corrected chi connectivity index (χ2v) is 5.98. The second-order valence-electron chi connectivity index (χ2n) is 5.98. The van der Waals surface area contributed by atoms with Crippen LogP contribution in [0.15, 0.2) is 65.2 Å². The summed E-state index contributed by atoms with van der Waals surface area (Å²) in [6.07, 6.45) is 0.298. The zero-order valence-corrected chi connectivity index (χ0v) is 15.0. The Labute approximate surface area is 157 Å². The number of carbonyl (C=O) groups is 2. The summed E-state index contributed by atoms with van der Waals surface area (Å²) in [6, 6.07) is 18.2. The second kappa shape index (κ2) is 8.80. The van der Waals surface area contributed by atoms with E-state index >= 15 is 0 Å². The van der Waals surface area contributed by atoms with E-state index in [-0.39, 0.29) is 31.1 Å². The summed E-state index contributed by atoms with van der Waals surface area (Å²) in [5.74, 6) is 1.01. The van der Waals surface area contributed by atoms with Crippen LogP contribution in [-0.4, -0.2) is 24.0 Å². The normalized spacial score (nSPS) is 10.4. The van der Waals surface area contributed by atoms with E-state index in [1.165, 1.54) is 0 Å². The van der Waals surface area contributed by atoms with E-state index in [4.69, 9.17) is 9.26 Å². The maximum Gasteiger partial charge on any atom is 0.220 e. The van der Waals surface area contributed by atoms with Crippen LogP contribution in [-0.2, 0) is 11.3 Å². The van der Waals surface area contributed by atoms with Gasteiger partial charge in [-0.2, -0.15) is 0 Å². The summed E-state index contributed by atoms with van der Waals surface area (Å²) in [4.78, 5) is 24.0. The van der Waals surface area contributed by atoms with Crippen molar-refractivity contribution in [3.05, 3.63) is 72.0 Å². The molecule has 138 valence electrons. The third kappa shape index (κ3) is 5.04. The summed E-state index contributed by atoms with van der Waals surface area (Å²) >= 11 is 0. The molecule has 0 aliphatic heterocycles. The van der Waals surface area contributed by atoms with Crippen LogP contribution in [0.3, 0.4) is 0 Å². The number of rotatable bonds is 8. The molecule has 6 nitrogen and oxygen atoms in total. The zero-order chi connectivity index (χ0) is 19.1. The monoisotopic (exact) mass is 364 g/mol. The molecule has 3 aromatic rings. The molecule has 0 radical (unpaired) electrons. The lowest BCUT2D eigenvalue weighted by Gasteiger charge is -2.03. The Morgan fingerprint density at radius 2 is 1.85 bits per heavy atom. The van der Waals surface area contributed by atoms with Gasteiger partial charge in [-0.05, 0) is 12.1 Å². The summed E-state index contributed by atoms with van der Waals surface area (Å²) < 4.78 is 10.5. The lowest BCUT2D eigenvalue weighted by molar-refractivity contribution is -0.121. The number of Topliss-reactive ketones (excluding diaryl/α,β-unsaturated/α-hetero) is 1. The Hall–Kier alpha value is -3.41. The quantitative estimate of drug-likeness (QED) is 0.617. The van der Waals surface area contributed by atoms with E-state index in [0.717, 1.165) is 11.3 Å². The number of amides is 1. The molecule has 6 heteroatoms. The topological polar surface area (TPSA) is 81.4 Å². The Balaban J connectivity index is 1.49. The number of hydrogen-bond acceptors (Lipinski definition) is 5. The molecule has 0 saturated heterocycles. The van der Waals surface area contributed by atoms with Crippen LogP contribution in [0.2, 0.25) is 0 Å². The summed E-state index contributed by atoms with van der Waals surface area (Å²) in [7, 11) is 1.60. The minimum atomic E-state index is -0.210. The standard InChI is InChI=1S/C21H20N2O4/c1-26-17-9-5-8-16(12-17)19-13-18(27-23-19)14-22-21(25)11-10-20(24)15-6-3-2-4-7-15/h2-9,12-13H,10-11,14H2,1H3,(H,22,25). The van der Waals surface area contributed by atoms with Gasteiger partial charge in [0.25, 0.3) is 0 Å². The Bertz CT molecular complexity index is 919. The van der Waals surface area contributed by atoms with Gasteiger partial charge < -0.3 is 14.6 Å². The molecule has 1 N–H and O–H groups in total. The number of methoxy groups -OCH3 is 1. The number of ketones is 1. The smallest absolute Gasteiger partial charge is 0.220 e. The molecular formula is C21H20N2O4. The lowest BCUT2D eigenvalue weighted by Crippen LogP contribution is -2.23. The van der Waals surface area contributed by atoms with Crippen LogP contribution < -0.4 is 10.1 Å². The van der Waals surface area contributed by atoms with E-state index in [9.17, 15) is 9.59 Å². The number of benzene rings is 2. The Morgan fingerprint density at radius 3 is 2.63 bits per heavy atom. The van der Waals surface area contributed by atoms with Crippen LogP contribution >= 0.6 is 0 Å². The molecule has 0 fully saturated rings. The highest BCUT2D eigenvalue weighted by Crippen LogP contribution is 2.23. The number of hydrogen-bond donors (Lipinski definition) is 1. The van der Waals surface area contributed by atoms with Crippen LogP contribution in [0.4, 0.5) is 0 Å². The van der Waals surface area contributed by atoms with Gasteiger partial charge in [0, 0.05) is 30.0 Å². The first-order valence-corrected chi connectivity index (χ1v) is 8.60. The highest BCUT2D eigenvalue weighted by Gasteiger charge is 2.11. The fourth-order valence-electron chi connectivity index (χ4n) is 2.58. The predicted octanol–water partition coefficient (Wildman–Crippen LogP) is 3.63. The van der Waals surface area contributed by atoms with Crippen molar-refractivity contribution in [3.8, 4) is 17.0 Å². The van der Waals surface area contributed by atoms with Crippen molar-refractivity contribution in [2.75, 3.05) is 7.11 Å². The van der Waals surface area contributed by atoms with Gasteiger partial charge in [0.05, 0.1) is 13.7 Å². The number of carbonyl (C=O) groups excluding carboxylic acids is 2. The predicted molar refractivity (Wildman–Crippen MR) is 100 cm³/mol. The van der Waals surface area contributed by atoms with Crippen LogP contribution in [0, 0.1) is 0 Å². The van der Waals surface area contributed by atoms with Gasteiger partial charge in [-0.15, -0.1) is 0 Å². The largest absolute Gasteiger partial charge is 0.497 e. The molecule has 1 aromatic heterocycles. The van der Waals surface area contributed by atoms with Gasteiger partial charge in [0.15, 0.2) is 11.5 Å². The minimum Gasteiger partial charge on any atom is -0.497 e. The maximum atomic E-state index is 12.0. The lowest BCUT2D eigenvalue weighted by atomic mass is 10.1. The highest BCUT2D eigenvalue weighted by molar-refractivity contribution is 5.97. The van der Waals surface area contributed by atoms with Crippen molar-refractivity contribution < 1.29 is 18.8 Å². The maximum absolute atomic E-state index is 12.0. The van der Waals surface area contributed by atoms with Gasteiger partial charge in [0.2, 0.25) is 5.91 Å². The fraction of sp³-hybridized carbons (Fsp3) is 0.190. The first-order chi connectivity index (χ1) is 13.2. The molecule has 0 unspecified atom stereocenters. The van der Waals surface area contributed by atoms with Crippen molar-refractivity contribution in [1.29, 1.82) is 0 Å². The average Bonchev–Trinajstić information content (AvgIpc) is 3.20. The van der Waals surface area contributed by atoms with Gasteiger partial charge in [-0.1, -0.05) is 47.6 Å². The first kappa shape index (κ1) is 18.4.